The molecule has 0 aliphatic carbocycles. The number of unbranched alkanes of at least 4 members (excludes halogenated alkanes) is 3. The van der Waals surface area contributed by atoms with Crippen molar-refractivity contribution in [2.24, 2.45) is 0 Å². The van der Waals surface area contributed by atoms with Crippen molar-refractivity contribution in [2.75, 3.05) is 6.54 Å². The van der Waals surface area contributed by atoms with Gasteiger partial charge in [-0.2, -0.15) is 0 Å². The van der Waals surface area contributed by atoms with Gasteiger partial charge in [-0.15, -0.1) is 0 Å². The maximum atomic E-state index is 11.9. The van der Waals surface area contributed by atoms with Gasteiger partial charge in [-0.3, -0.25) is 14.5 Å². The van der Waals surface area contributed by atoms with Crippen molar-refractivity contribution in [1.29, 1.82) is 0 Å². The molecule has 1 saturated heterocycles. The number of nitrogens with zero attached hydrogens (tertiary/aromatic N) is 1. The molecule has 4 heteroatoms. The summed E-state index contributed by atoms with van der Waals surface area (Å²) in [6, 6.07) is 0. The lowest BCUT2D eigenvalue weighted by atomic mass is 9.99. The van der Waals surface area contributed by atoms with Crippen LogP contribution in [0.4, 0.5) is 0 Å². The molecule has 0 aromatic heterocycles. The monoisotopic (exact) mass is 243 g/mol. The van der Waals surface area contributed by atoms with E-state index in [2.05, 4.69) is 13.2 Å². The summed E-state index contributed by atoms with van der Waals surface area (Å²) in [5.41, 5.74) is 0.624. The van der Waals surface area contributed by atoms with Crippen molar-refractivity contribution in [3.05, 3.63) is 36.5 Å². The van der Waals surface area contributed by atoms with E-state index in [1.54, 1.807) is 0 Å². The molecule has 94 valence electrons. The predicted molar refractivity (Wildman–Crippen MR) is 73.2 cm³/mol. The van der Waals surface area contributed by atoms with E-state index >= 15 is 0 Å². The Kier molecular flexibility index (Phi) is 5.63. The normalized spacial score (nSPS) is 17.9. The molecule has 0 saturated carbocycles. The molecule has 1 fully saturated rings. The van der Waals surface area contributed by atoms with Crippen molar-refractivity contribution in [1.82, 2.24) is 4.90 Å². The fourth-order valence-corrected chi connectivity index (χ4v) is 1.91. The van der Waals surface area contributed by atoms with Crippen molar-refractivity contribution >= 4 is 19.7 Å². The summed E-state index contributed by atoms with van der Waals surface area (Å²) in [6.07, 6.45) is 7.52. The molecule has 3 nitrogen and oxygen atoms in total. The lowest BCUT2D eigenvalue weighted by molar-refractivity contribution is -0.136. The van der Waals surface area contributed by atoms with Gasteiger partial charge in [0.1, 0.15) is 0 Å². The molecule has 1 aliphatic rings. The maximum absolute atomic E-state index is 11.9. The van der Waals surface area contributed by atoms with E-state index < -0.39 is 0 Å². The Hall–Kier alpha value is -1.58. The van der Waals surface area contributed by atoms with Crippen LogP contribution in [0.2, 0.25) is 6.32 Å². The number of carbonyl (C=O) groups excluding carboxylic acids is 2. The summed E-state index contributed by atoms with van der Waals surface area (Å²) in [6.45, 7) is 7.63. The predicted octanol–water partition coefficient (Wildman–Crippen LogP) is 2.17. The summed E-state index contributed by atoms with van der Waals surface area (Å²) in [5.74, 6) is -0.546. The first-order valence-electron chi connectivity index (χ1n) is 6.21. The Balaban J connectivity index is 2.54. The number of hydrogen-bond acceptors (Lipinski definition) is 2. The third-order valence-corrected chi connectivity index (χ3v) is 2.92. The van der Waals surface area contributed by atoms with Gasteiger partial charge in [0.2, 0.25) is 0 Å². The van der Waals surface area contributed by atoms with Crippen molar-refractivity contribution in [3.63, 3.8) is 0 Å². The fraction of sp³-hybridized carbons (Fsp3) is 0.429. The van der Waals surface area contributed by atoms with Gasteiger partial charge in [-0.05, 0) is 12.5 Å². The van der Waals surface area contributed by atoms with Crippen LogP contribution in [0.25, 0.3) is 0 Å². The number of amides is 2. The van der Waals surface area contributed by atoms with Crippen LogP contribution in [0, 0.1) is 0 Å². The average molecular weight is 243 g/mol. The first-order valence-corrected chi connectivity index (χ1v) is 6.21. The first kappa shape index (κ1) is 14.5. The van der Waals surface area contributed by atoms with Crippen LogP contribution in [-0.2, 0) is 9.59 Å². The molecule has 0 atom stereocenters. The van der Waals surface area contributed by atoms with Crippen molar-refractivity contribution in [3.8, 4) is 0 Å². The Morgan fingerprint density at radius 1 is 1.11 bits per heavy atom. The highest BCUT2D eigenvalue weighted by Crippen LogP contribution is 2.24. The molecule has 0 unspecified atom stereocenters. The zero-order valence-corrected chi connectivity index (χ0v) is 10.7. The lowest BCUT2D eigenvalue weighted by Gasteiger charge is -2.12. The van der Waals surface area contributed by atoms with E-state index in [0.29, 0.717) is 18.4 Å². The molecular weight excluding hydrogens is 225 g/mol. The third kappa shape index (κ3) is 3.22. The zero-order chi connectivity index (χ0) is 13.5. The van der Waals surface area contributed by atoms with Crippen LogP contribution < -0.4 is 0 Å². The highest BCUT2D eigenvalue weighted by molar-refractivity contribution is 6.24. The van der Waals surface area contributed by atoms with Crippen molar-refractivity contribution < 1.29 is 9.59 Å². The van der Waals surface area contributed by atoms with Crippen LogP contribution in [0.3, 0.4) is 0 Å². The van der Waals surface area contributed by atoms with Gasteiger partial charge < -0.3 is 0 Å². The SMILES string of the molecule is [B]CCCCCCN1C(=O)C(=C)/C(=C\C=C)C1=O. The standard InChI is InChI=1S/C14H18BNO2/c1-3-8-12-11(2)13(17)16(14(12)18)10-7-5-4-6-9-15/h3,8H,1-2,4-7,9-10H2/b12-8+. The Morgan fingerprint density at radius 3 is 2.39 bits per heavy atom. The molecule has 2 radical (unpaired) electrons. The van der Waals surface area contributed by atoms with Gasteiger partial charge in [-0.25, -0.2) is 0 Å². The molecule has 0 aromatic carbocycles. The zero-order valence-electron chi connectivity index (χ0n) is 10.7. The van der Waals surface area contributed by atoms with Crippen LogP contribution in [0.5, 0.6) is 0 Å². The van der Waals surface area contributed by atoms with E-state index in [1.165, 1.54) is 17.1 Å². The minimum atomic E-state index is -0.285. The van der Waals surface area contributed by atoms with E-state index in [0.717, 1.165) is 25.7 Å². The number of allylic oxidation sites excluding steroid dienone is 2. The summed E-state index contributed by atoms with van der Waals surface area (Å²) in [4.78, 5) is 25.0. The Morgan fingerprint density at radius 2 is 1.78 bits per heavy atom. The minimum absolute atomic E-state index is 0.260. The Labute approximate surface area is 110 Å². The van der Waals surface area contributed by atoms with Gasteiger partial charge in [0.05, 0.1) is 13.4 Å². The second-order valence-corrected chi connectivity index (χ2v) is 4.26. The van der Waals surface area contributed by atoms with E-state index in [4.69, 9.17) is 7.85 Å². The van der Waals surface area contributed by atoms with Crippen LogP contribution in [0.15, 0.2) is 36.5 Å². The van der Waals surface area contributed by atoms with Crippen molar-refractivity contribution in [2.45, 2.75) is 32.0 Å². The molecule has 2 amide bonds. The van der Waals surface area contributed by atoms with Gasteiger partial charge >= 0.3 is 0 Å². The molecule has 1 heterocycles. The van der Waals surface area contributed by atoms with E-state index in [9.17, 15) is 9.59 Å². The minimum Gasteiger partial charge on any atom is -0.274 e. The number of hydrogen-bond donors (Lipinski definition) is 0. The molecule has 1 rings (SSSR count). The summed E-state index contributed by atoms with van der Waals surface area (Å²) in [7, 11) is 5.40. The van der Waals surface area contributed by atoms with Gasteiger partial charge in [0.15, 0.2) is 0 Å². The second kappa shape index (κ2) is 6.99. The largest absolute Gasteiger partial charge is 0.274 e. The fourth-order valence-electron chi connectivity index (χ4n) is 1.91. The van der Waals surface area contributed by atoms with Crippen LogP contribution in [-0.4, -0.2) is 31.1 Å². The van der Waals surface area contributed by atoms with E-state index in [-0.39, 0.29) is 17.4 Å². The molecule has 1 aliphatic heterocycles. The highest BCUT2D eigenvalue weighted by Gasteiger charge is 2.36. The number of imide groups is 1. The topological polar surface area (TPSA) is 37.4 Å². The first-order chi connectivity index (χ1) is 8.63. The van der Waals surface area contributed by atoms with Gasteiger partial charge in [0, 0.05) is 12.1 Å². The molecular formula is C14H18BNO2. The molecule has 0 N–H and O–H groups in total. The number of carbonyl (C=O) groups is 2. The highest BCUT2D eigenvalue weighted by atomic mass is 16.2. The average Bonchev–Trinajstić information content (AvgIpc) is 2.55. The molecule has 0 aromatic rings. The summed E-state index contributed by atoms with van der Waals surface area (Å²) >= 11 is 0. The lowest BCUT2D eigenvalue weighted by Crippen LogP contribution is -2.30. The summed E-state index contributed by atoms with van der Waals surface area (Å²) < 4.78 is 0. The summed E-state index contributed by atoms with van der Waals surface area (Å²) in [5, 5.41) is 0. The Bertz CT molecular complexity index is 399. The molecule has 18 heavy (non-hydrogen) atoms. The number of likely N-dealkylation sites (tertiary alicyclic amines) is 1. The number of rotatable bonds is 7. The van der Waals surface area contributed by atoms with Gasteiger partial charge in [0.25, 0.3) is 11.8 Å². The molecule has 0 spiro atoms. The maximum Gasteiger partial charge on any atom is 0.261 e. The third-order valence-electron chi connectivity index (χ3n) is 2.92. The van der Waals surface area contributed by atoms with Crippen LogP contribution in [0.1, 0.15) is 25.7 Å². The van der Waals surface area contributed by atoms with E-state index in [1.807, 2.05) is 0 Å². The smallest absolute Gasteiger partial charge is 0.261 e. The van der Waals surface area contributed by atoms with Gasteiger partial charge in [-0.1, -0.05) is 44.8 Å². The quantitative estimate of drug-likeness (QED) is 0.297. The second-order valence-electron chi connectivity index (χ2n) is 4.26. The van der Waals surface area contributed by atoms with Crippen LogP contribution >= 0.6 is 0 Å². The molecule has 0 bridgehead atoms.